The van der Waals surface area contributed by atoms with E-state index in [1.165, 1.54) is 0 Å². The Kier molecular flexibility index (Phi) is 6.55. The van der Waals surface area contributed by atoms with Crippen molar-refractivity contribution in [2.24, 2.45) is 0 Å². The lowest BCUT2D eigenvalue weighted by Gasteiger charge is -2.35. The van der Waals surface area contributed by atoms with E-state index in [1.807, 2.05) is 42.2 Å². The van der Waals surface area contributed by atoms with Gasteiger partial charge in [0.1, 0.15) is 0 Å². The van der Waals surface area contributed by atoms with E-state index < -0.39 is 6.10 Å². The van der Waals surface area contributed by atoms with E-state index in [9.17, 15) is 9.59 Å². The molecule has 0 spiro atoms. The quantitative estimate of drug-likeness (QED) is 0.836. The molecule has 2 amide bonds. The maximum absolute atomic E-state index is 12.7. The third-order valence-corrected chi connectivity index (χ3v) is 3.99. The van der Waals surface area contributed by atoms with Crippen LogP contribution >= 0.6 is 0 Å². The minimum atomic E-state index is -0.564. The molecule has 0 radical (unpaired) electrons. The highest BCUT2D eigenvalue weighted by atomic mass is 16.5. The van der Waals surface area contributed by atoms with Crippen molar-refractivity contribution in [1.82, 2.24) is 15.1 Å². The monoisotopic (exact) mass is 319 g/mol. The summed E-state index contributed by atoms with van der Waals surface area (Å²) in [6, 6.07) is 9.52. The molecule has 1 aromatic carbocycles. The number of carbonyl (C=O) groups is 2. The number of benzene rings is 1. The molecule has 6 heteroatoms. The standard InChI is InChI=1S/C17H25N3O3/c1-3-18-15(21)13-19-9-11-20(12-10-19)17(22)16(23-2)14-7-5-4-6-8-14/h4-8,16H,3,9-13H2,1-2H3,(H,18,21). The second-order valence-corrected chi connectivity index (χ2v) is 5.58. The minimum Gasteiger partial charge on any atom is -0.367 e. The lowest BCUT2D eigenvalue weighted by Crippen LogP contribution is -2.52. The van der Waals surface area contributed by atoms with Gasteiger partial charge in [-0.2, -0.15) is 0 Å². The molecule has 1 aromatic rings. The van der Waals surface area contributed by atoms with Gasteiger partial charge in [-0.15, -0.1) is 0 Å². The van der Waals surface area contributed by atoms with E-state index in [4.69, 9.17) is 4.74 Å². The minimum absolute atomic E-state index is 0.0173. The summed E-state index contributed by atoms with van der Waals surface area (Å²) in [6.07, 6.45) is -0.564. The van der Waals surface area contributed by atoms with Gasteiger partial charge in [0.25, 0.3) is 5.91 Å². The molecule has 0 aliphatic carbocycles. The van der Waals surface area contributed by atoms with Crippen LogP contribution in [0.4, 0.5) is 0 Å². The first-order chi connectivity index (χ1) is 11.2. The number of hydrogen-bond acceptors (Lipinski definition) is 4. The second kappa shape index (κ2) is 8.64. The van der Waals surface area contributed by atoms with Gasteiger partial charge < -0.3 is 15.0 Å². The Hall–Kier alpha value is -1.92. The fourth-order valence-corrected chi connectivity index (χ4v) is 2.76. The molecule has 1 atom stereocenters. The van der Waals surface area contributed by atoms with Gasteiger partial charge in [0.15, 0.2) is 6.10 Å². The summed E-state index contributed by atoms with van der Waals surface area (Å²) >= 11 is 0. The summed E-state index contributed by atoms with van der Waals surface area (Å²) in [5, 5.41) is 2.79. The summed E-state index contributed by atoms with van der Waals surface area (Å²) in [5.41, 5.74) is 0.866. The predicted molar refractivity (Wildman–Crippen MR) is 87.9 cm³/mol. The molecule has 1 unspecified atom stereocenters. The highest BCUT2D eigenvalue weighted by Gasteiger charge is 2.28. The predicted octanol–water partition coefficient (Wildman–Crippen LogP) is 0.654. The number of hydrogen-bond donors (Lipinski definition) is 1. The normalized spacial score (nSPS) is 16.9. The topological polar surface area (TPSA) is 61.9 Å². The van der Waals surface area contributed by atoms with Crippen molar-refractivity contribution < 1.29 is 14.3 Å². The van der Waals surface area contributed by atoms with Crippen LogP contribution in [0.25, 0.3) is 0 Å². The number of nitrogens with one attached hydrogen (secondary N) is 1. The molecule has 126 valence electrons. The van der Waals surface area contributed by atoms with Crippen LogP contribution in [0, 0.1) is 0 Å². The van der Waals surface area contributed by atoms with Crippen LogP contribution < -0.4 is 5.32 Å². The average Bonchev–Trinajstić information content (AvgIpc) is 2.57. The van der Waals surface area contributed by atoms with E-state index in [0.29, 0.717) is 39.3 Å². The van der Waals surface area contributed by atoms with Crippen molar-refractivity contribution in [3.8, 4) is 0 Å². The highest BCUT2D eigenvalue weighted by molar-refractivity contribution is 5.82. The number of piperazine rings is 1. The Morgan fingerprint density at radius 1 is 1.17 bits per heavy atom. The van der Waals surface area contributed by atoms with Crippen molar-refractivity contribution in [2.75, 3.05) is 46.4 Å². The number of nitrogens with zero attached hydrogens (tertiary/aromatic N) is 2. The van der Waals surface area contributed by atoms with Gasteiger partial charge in [-0.1, -0.05) is 30.3 Å². The number of likely N-dealkylation sites (N-methyl/N-ethyl adjacent to an activating group) is 1. The summed E-state index contributed by atoms with van der Waals surface area (Å²) in [6.45, 7) is 5.58. The third kappa shape index (κ3) is 4.77. The maximum Gasteiger partial charge on any atom is 0.256 e. The van der Waals surface area contributed by atoms with Gasteiger partial charge in [-0.25, -0.2) is 0 Å². The Morgan fingerprint density at radius 2 is 1.83 bits per heavy atom. The van der Waals surface area contributed by atoms with E-state index in [0.717, 1.165) is 5.56 Å². The molecular weight excluding hydrogens is 294 g/mol. The van der Waals surface area contributed by atoms with Gasteiger partial charge in [0, 0.05) is 39.8 Å². The van der Waals surface area contributed by atoms with Crippen LogP contribution in [0.3, 0.4) is 0 Å². The largest absolute Gasteiger partial charge is 0.367 e. The molecule has 0 bridgehead atoms. The number of ether oxygens (including phenoxy) is 1. The molecule has 1 fully saturated rings. The van der Waals surface area contributed by atoms with Crippen molar-refractivity contribution in [3.05, 3.63) is 35.9 Å². The van der Waals surface area contributed by atoms with Crippen molar-refractivity contribution in [1.29, 1.82) is 0 Å². The maximum atomic E-state index is 12.7. The number of carbonyl (C=O) groups excluding carboxylic acids is 2. The molecule has 2 rings (SSSR count). The fraction of sp³-hybridized carbons (Fsp3) is 0.529. The Morgan fingerprint density at radius 3 is 2.39 bits per heavy atom. The number of amides is 2. The zero-order chi connectivity index (χ0) is 16.7. The zero-order valence-corrected chi connectivity index (χ0v) is 13.8. The Balaban J connectivity index is 1.89. The Bertz CT molecular complexity index is 513. The zero-order valence-electron chi connectivity index (χ0n) is 13.8. The second-order valence-electron chi connectivity index (χ2n) is 5.58. The molecule has 1 aliphatic rings. The van der Waals surface area contributed by atoms with Gasteiger partial charge in [-0.05, 0) is 12.5 Å². The molecule has 1 aliphatic heterocycles. The molecule has 6 nitrogen and oxygen atoms in total. The molecule has 1 N–H and O–H groups in total. The van der Waals surface area contributed by atoms with Crippen LogP contribution in [0.5, 0.6) is 0 Å². The summed E-state index contributed by atoms with van der Waals surface area (Å²) in [7, 11) is 1.56. The highest BCUT2D eigenvalue weighted by Crippen LogP contribution is 2.20. The molecule has 23 heavy (non-hydrogen) atoms. The molecule has 1 heterocycles. The van der Waals surface area contributed by atoms with Crippen LogP contribution in [0.1, 0.15) is 18.6 Å². The van der Waals surface area contributed by atoms with Crippen molar-refractivity contribution in [3.63, 3.8) is 0 Å². The van der Waals surface area contributed by atoms with Gasteiger partial charge in [0.05, 0.1) is 6.54 Å². The van der Waals surface area contributed by atoms with E-state index in [2.05, 4.69) is 10.2 Å². The Labute approximate surface area is 137 Å². The molecule has 0 aromatic heterocycles. The van der Waals surface area contributed by atoms with Gasteiger partial charge >= 0.3 is 0 Å². The first-order valence-electron chi connectivity index (χ1n) is 8.01. The smallest absolute Gasteiger partial charge is 0.256 e. The van der Waals surface area contributed by atoms with Gasteiger partial charge in [-0.3, -0.25) is 14.5 Å². The number of methoxy groups -OCH3 is 1. The van der Waals surface area contributed by atoms with Crippen LogP contribution in [-0.2, 0) is 14.3 Å². The lowest BCUT2D eigenvalue weighted by molar-refractivity contribution is -0.144. The van der Waals surface area contributed by atoms with Crippen molar-refractivity contribution in [2.45, 2.75) is 13.0 Å². The van der Waals surface area contributed by atoms with Crippen LogP contribution in [0.15, 0.2) is 30.3 Å². The van der Waals surface area contributed by atoms with Crippen LogP contribution in [0.2, 0.25) is 0 Å². The summed E-state index contributed by atoms with van der Waals surface area (Å²) < 4.78 is 5.41. The SMILES string of the molecule is CCNC(=O)CN1CCN(C(=O)C(OC)c2ccccc2)CC1. The third-order valence-electron chi connectivity index (χ3n) is 3.99. The number of rotatable bonds is 6. The first-order valence-corrected chi connectivity index (χ1v) is 8.01. The molecule has 0 saturated carbocycles. The molecule has 1 saturated heterocycles. The fourth-order valence-electron chi connectivity index (χ4n) is 2.76. The summed E-state index contributed by atoms with van der Waals surface area (Å²) in [4.78, 5) is 28.2. The average molecular weight is 319 g/mol. The van der Waals surface area contributed by atoms with Crippen molar-refractivity contribution >= 4 is 11.8 Å². The van der Waals surface area contributed by atoms with E-state index in [-0.39, 0.29) is 11.8 Å². The summed E-state index contributed by atoms with van der Waals surface area (Å²) in [5.74, 6) is 0.0164. The van der Waals surface area contributed by atoms with E-state index >= 15 is 0 Å². The van der Waals surface area contributed by atoms with Gasteiger partial charge in [0.2, 0.25) is 5.91 Å². The lowest BCUT2D eigenvalue weighted by atomic mass is 10.1. The molecular formula is C17H25N3O3. The van der Waals surface area contributed by atoms with Crippen LogP contribution in [-0.4, -0.2) is 68.0 Å². The van der Waals surface area contributed by atoms with E-state index in [1.54, 1.807) is 7.11 Å². The first kappa shape index (κ1) is 17.4.